The predicted molar refractivity (Wildman–Crippen MR) is 119 cm³/mol. The highest BCUT2D eigenvalue weighted by molar-refractivity contribution is 9.10. The molecule has 0 spiro atoms. The van der Waals surface area contributed by atoms with Gasteiger partial charge in [0, 0.05) is 10.5 Å². The minimum atomic E-state index is -0.668. The van der Waals surface area contributed by atoms with Crippen molar-refractivity contribution < 1.29 is 23.9 Å². The maximum Gasteiger partial charge on any atom is 0.331 e. The van der Waals surface area contributed by atoms with E-state index in [1.165, 1.54) is 30.2 Å². The molecule has 4 saturated carbocycles. The van der Waals surface area contributed by atoms with Crippen molar-refractivity contribution in [3.63, 3.8) is 0 Å². The number of rotatable bonds is 3. The lowest BCUT2D eigenvalue weighted by molar-refractivity contribution is -0.139. The molecule has 1 aromatic rings. The molecular formula is C24H25BrN2O5. The summed E-state index contributed by atoms with van der Waals surface area (Å²) in [6, 6.07) is 2.62. The number of carbonyl (C=O) groups is 3. The van der Waals surface area contributed by atoms with Gasteiger partial charge in [0.2, 0.25) is 6.79 Å². The molecule has 4 amide bonds. The Labute approximate surface area is 194 Å². The van der Waals surface area contributed by atoms with Crippen LogP contribution in [0.2, 0.25) is 0 Å². The van der Waals surface area contributed by atoms with Gasteiger partial charge in [0.15, 0.2) is 11.5 Å². The normalized spacial score (nSPS) is 34.9. The molecule has 2 aliphatic heterocycles. The van der Waals surface area contributed by atoms with Crippen LogP contribution in [0.4, 0.5) is 4.79 Å². The van der Waals surface area contributed by atoms with E-state index >= 15 is 0 Å². The minimum Gasteiger partial charge on any atom is -0.454 e. The first-order valence-corrected chi connectivity index (χ1v) is 12.1. The lowest BCUT2D eigenvalue weighted by atomic mass is 9.47. The van der Waals surface area contributed by atoms with Gasteiger partial charge in [-0.3, -0.25) is 19.8 Å². The Bertz CT molecular complexity index is 1050. The van der Waals surface area contributed by atoms with Crippen molar-refractivity contribution in [3.8, 4) is 11.5 Å². The molecule has 4 bridgehead atoms. The van der Waals surface area contributed by atoms with Crippen LogP contribution in [0.5, 0.6) is 11.5 Å². The van der Waals surface area contributed by atoms with Crippen LogP contribution in [-0.4, -0.2) is 35.6 Å². The van der Waals surface area contributed by atoms with Crippen molar-refractivity contribution in [1.82, 2.24) is 10.2 Å². The van der Waals surface area contributed by atoms with Crippen molar-refractivity contribution in [3.05, 3.63) is 27.7 Å². The summed E-state index contributed by atoms with van der Waals surface area (Å²) in [7, 11) is 0. The molecule has 4 aliphatic carbocycles. The smallest absolute Gasteiger partial charge is 0.331 e. The number of halogens is 1. The third-order valence-electron chi connectivity index (χ3n) is 8.28. The zero-order valence-electron chi connectivity index (χ0n) is 17.9. The number of fused-ring (bicyclic) bond motifs is 1. The largest absolute Gasteiger partial charge is 0.454 e. The summed E-state index contributed by atoms with van der Waals surface area (Å²) < 4.78 is 11.5. The highest BCUT2D eigenvalue weighted by Gasteiger charge is 2.56. The first-order valence-electron chi connectivity index (χ1n) is 11.3. The highest BCUT2D eigenvalue weighted by atomic mass is 79.9. The van der Waals surface area contributed by atoms with Gasteiger partial charge in [-0.2, -0.15) is 0 Å². The van der Waals surface area contributed by atoms with Crippen LogP contribution in [0.15, 0.2) is 22.2 Å². The van der Waals surface area contributed by atoms with Crippen LogP contribution < -0.4 is 14.8 Å². The number of hydrogen-bond acceptors (Lipinski definition) is 5. The Morgan fingerprint density at radius 3 is 2.28 bits per heavy atom. The number of nitrogens with one attached hydrogen (secondary N) is 1. The van der Waals surface area contributed by atoms with Gasteiger partial charge < -0.3 is 9.47 Å². The molecule has 2 heterocycles. The van der Waals surface area contributed by atoms with E-state index in [2.05, 4.69) is 21.2 Å². The fraction of sp³-hybridized carbons (Fsp3) is 0.542. The lowest BCUT2D eigenvalue weighted by Gasteiger charge is -2.60. The van der Waals surface area contributed by atoms with Gasteiger partial charge in [-0.25, -0.2) is 4.79 Å². The molecule has 1 saturated heterocycles. The fourth-order valence-corrected chi connectivity index (χ4v) is 7.62. The maximum atomic E-state index is 13.5. The minimum absolute atomic E-state index is 0.0351. The summed E-state index contributed by atoms with van der Waals surface area (Å²) in [6.07, 6.45) is 8.58. The van der Waals surface area contributed by atoms with Crippen LogP contribution in [-0.2, 0) is 9.59 Å². The molecule has 168 valence electrons. The molecule has 8 heteroatoms. The quantitative estimate of drug-likeness (QED) is 0.495. The Morgan fingerprint density at radius 2 is 1.66 bits per heavy atom. The van der Waals surface area contributed by atoms with Crippen molar-refractivity contribution in [1.29, 1.82) is 0 Å². The molecule has 7 nitrogen and oxygen atoms in total. The van der Waals surface area contributed by atoms with Crippen molar-refractivity contribution in [2.75, 3.05) is 6.79 Å². The zero-order valence-corrected chi connectivity index (χ0v) is 19.4. The van der Waals surface area contributed by atoms with Crippen molar-refractivity contribution >= 4 is 39.9 Å². The van der Waals surface area contributed by atoms with E-state index < -0.39 is 17.8 Å². The van der Waals surface area contributed by atoms with Crippen LogP contribution in [0.3, 0.4) is 0 Å². The van der Waals surface area contributed by atoms with Crippen molar-refractivity contribution in [2.24, 2.45) is 23.2 Å². The molecule has 0 aromatic heterocycles. The predicted octanol–water partition coefficient (Wildman–Crippen LogP) is 4.24. The van der Waals surface area contributed by atoms with Crippen LogP contribution in [0.1, 0.15) is 51.0 Å². The van der Waals surface area contributed by atoms with Gasteiger partial charge in [0.1, 0.15) is 5.57 Å². The van der Waals surface area contributed by atoms with E-state index in [-0.39, 0.29) is 23.8 Å². The number of carbonyl (C=O) groups excluding carboxylic acids is 3. The number of nitrogens with zero attached hydrogens (tertiary/aromatic N) is 1. The summed E-state index contributed by atoms with van der Waals surface area (Å²) >= 11 is 3.48. The van der Waals surface area contributed by atoms with E-state index in [9.17, 15) is 14.4 Å². The average molecular weight is 501 g/mol. The number of barbiturate groups is 1. The molecule has 1 aromatic carbocycles. The lowest BCUT2D eigenvalue weighted by Crippen LogP contribution is -2.63. The Kier molecular flexibility index (Phi) is 4.48. The molecule has 1 atom stereocenters. The Hall–Kier alpha value is -2.35. The SMILES string of the molecule is CC(N1C(=O)NC(=O)/C(=C\c2cc3c(cc2Br)OCO3)C1=O)C12CC3CC(CC(C3)C1)C2. The number of amides is 4. The summed E-state index contributed by atoms with van der Waals surface area (Å²) in [5.74, 6) is 2.07. The van der Waals surface area contributed by atoms with Crippen LogP contribution in [0, 0.1) is 23.2 Å². The molecule has 7 rings (SSSR count). The first kappa shape index (κ1) is 20.3. The average Bonchev–Trinajstić information content (AvgIpc) is 3.17. The Morgan fingerprint density at radius 1 is 1.06 bits per heavy atom. The van der Waals surface area contributed by atoms with Crippen molar-refractivity contribution in [2.45, 2.75) is 51.5 Å². The monoisotopic (exact) mass is 500 g/mol. The fourth-order valence-electron chi connectivity index (χ4n) is 7.19. The molecule has 32 heavy (non-hydrogen) atoms. The number of benzene rings is 1. The van der Waals surface area contributed by atoms with Gasteiger partial charge >= 0.3 is 6.03 Å². The second-order valence-electron chi connectivity index (χ2n) is 10.2. The second-order valence-corrected chi connectivity index (χ2v) is 11.0. The second kappa shape index (κ2) is 7.07. The molecule has 1 N–H and O–H groups in total. The number of hydrogen-bond donors (Lipinski definition) is 1. The van der Waals surface area contributed by atoms with Gasteiger partial charge in [0.25, 0.3) is 11.8 Å². The number of imide groups is 2. The topological polar surface area (TPSA) is 84.9 Å². The van der Waals surface area contributed by atoms with E-state index in [1.807, 2.05) is 6.92 Å². The summed E-state index contributed by atoms with van der Waals surface area (Å²) in [6.45, 7) is 2.13. The third kappa shape index (κ3) is 3.02. The highest BCUT2D eigenvalue weighted by Crippen LogP contribution is 2.62. The van der Waals surface area contributed by atoms with Gasteiger partial charge in [-0.1, -0.05) is 15.9 Å². The third-order valence-corrected chi connectivity index (χ3v) is 8.97. The van der Waals surface area contributed by atoms with Crippen LogP contribution in [0.25, 0.3) is 6.08 Å². The number of ether oxygens (including phenoxy) is 2. The number of urea groups is 1. The summed E-state index contributed by atoms with van der Waals surface area (Å²) in [4.78, 5) is 40.4. The Balaban J connectivity index is 1.34. The van der Waals surface area contributed by atoms with E-state index in [0.717, 1.165) is 19.3 Å². The molecular weight excluding hydrogens is 476 g/mol. The van der Waals surface area contributed by atoms with E-state index in [4.69, 9.17) is 9.47 Å². The summed E-state index contributed by atoms with van der Waals surface area (Å²) in [5.41, 5.74) is 0.539. The molecule has 0 radical (unpaired) electrons. The van der Waals surface area contributed by atoms with Gasteiger partial charge in [0.05, 0.1) is 0 Å². The first-order chi connectivity index (χ1) is 15.3. The zero-order chi connectivity index (χ0) is 22.2. The molecule has 6 aliphatic rings. The van der Waals surface area contributed by atoms with Gasteiger partial charge in [-0.15, -0.1) is 0 Å². The maximum absolute atomic E-state index is 13.5. The molecule has 5 fully saturated rings. The van der Waals surface area contributed by atoms with Crippen LogP contribution >= 0.6 is 15.9 Å². The van der Waals surface area contributed by atoms with Gasteiger partial charge in [-0.05, 0) is 92.4 Å². The van der Waals surface area contributed by atoms with E-state index in [1.54, 1.807) is 12.1 Å². The van der Waals surface area contributed by atoms with E-state index in [0.29, 0.717) is 39.3 Å². The molecule has 1 unspecified atom stereocenters. The summed E-state index contributed by atoms with van der Waals surface area (Å²) in [5, 5.41) is 2.40. The standard InChI is InChI=1S/C24H25BrN2O5/c1-12(24-8-13-2-14(9-24)4-15(3-13)10-24)27-22(29)17(21(28)26-23(27)30)5-16-6-19-20(7-18(16)25)32-11-31-19/h5-7,12-15H,2-4,8-11H2,1H3,(H,26,28,30)/b17-5+.